The molecule has 0 radical (unpaired) electrons. The number of esters is 1. The van der Waals surface area contributed by atoms with Crippen molar-refractivity contribution < 1.29 is 19.4 Å². The van der Waals surface area contributed by atoms with Crippen LogP contribution >= 0.6 is 0 Å². The second-order valence-electron chi connectivity index (χ2n) is 10.1. The highest BCUT2D eigenvalue weighted by molar-refractivity contribution is 5.91. The second-order valence-corrected chi connectivity index (χ2v) is 10.1. The van der Waals surface area contributed by atoms with Gasteiger partial charge in [-0.05, 0) is 74.2 Å². The fraction of sp³-hybridized carbons (Fsp3) is 0.818. The number of aliphatic hydroxyl groups is 1. The molecule has 4 aliphatic carbocycles. The van der Waals surface area contributed by atoms with Crippen LogP contribution < -0.4 is 0 Å². The summed E-state index contributed by atoms with van der Waals surface area (Å²) >= 11 is 0. The number of aliphatic hydroxyl groups excluding tert-OH is 1. The zero-order chi connectivity index (χ0) is 18.3. The molecule has 1 spiro atoms. The molecular formula is C22H30O4. The van der Waals surface area contributed by atoms with Gasteiger partial charge in [0.2, 0.25) is 0 Å². The Morgan fingerprint density at radius 1 is 1.04 bits per heavy atom. The summed E-state index contributed by atoms with van der Waals surface area (Å²) in [5.74, 6) is 1.31. The monoisotopic (exact) mass is 358 g/mol. The van der Waals surface area contributed by atoms with Crippen molar-refractivity contribution in [3.63, 3.8) is 0 Å². The molecule has 1 N–H and O–H groups in total. The van der Waals surface area contributed by atoms with Gasteiger partial charge in [0, 0.05) is 18.3 Å². The quantitative estimate of drug-likeness (QED) is 0.673. The predicted octanol–water partition coefficient (Wildman–Crippen LogP) is 3.56. The first-order chi connectivity index (χ1) is 12.3. The third kappa shape index (κ3) is 1.95. The maximum Gasteiger partial charge on any atom is 0.306 e. The van der Waals surface area contributed by atoms with Crippen LogP contribution in [0, 0.1) is 28.6 Å². The number of carbonyl (C=O) groups is 2. The van der Waals surface area contributed by atoms with E-state index in [0.29, 0.717) is 31.1 Å². The highest BCUT2D eigenvalue weighted by atomic mass is 16.6. The molecule has 1 saturated heterocycles. The van der Waals surface area contributed by atoms with Crippen molar-refractivity contribution in [2.45, 2.75) is 83.3 Å². The summed E-state index contributed by atoms with van der Waals surface area (Å²) in [7, 11) is 0. The highest BCUT2D eigenvalue weighted by Gasteiger charge is 2.68. The fourth-order valence-corrected chi connectivity index (χ4v) is 7.82. The number of ether oxygens (including phenoxy) is 1. The summed E-state index contributed by atoms with van der Waals surface area (Å²) < 4.78 is 5.97. The van der Waals surface area contributed by atoms with Crippen molar-refractivity contribution in [2.75, 3.05) is 0 Å². The van der Waals surface area contributed by atoms with Crippen LogP contribution in [0.1, 0.15) is 71.6 Å². The number of hydrogen-bond acceptors (Lipinski definition) is 4. The predicted molar refractivity (Wildman–Crippen MR) is 96.2 cm³/mol. The van der Waals surface area contributed by atoms with Crippen LogP contribution in [0.4, 0.5) is 0 Å². The number of rotatable bonds is 0. The number of hydrogen-bond donors (Lipinski definition) is 1. The Morgan fingerprint density at radius 2 is 1.81 bits per heavy atom. The SMILES string of the molecule is C[C@]12CCC(=O)C=C1C[C@H](O)[C@@H]1C2CC[C@@]2(C)C1CCC21CCC(=O)O1. The molecule has 5 aliphatic rings. The van der Waals surface area contributed by atoms with E-state index < -0.39 is 0 Å². The molecule has 0 bridgehead atoms. The average molecular weight is 358 g/mol. The van der Waals surface area contributed by atoms with E-state index in [4.69, 9.17) is 4.74 Å². The van der Waals surface area contributed by atoms with Crippen molar-refractivity contribution in [1.82, 2.24) is 0 Å². The van der Waals surface area contributed by atoms with E-state index in [1.54, 1.807) is 0 Å². The molecule has 0 aromatic rings. The average Bonchev–Trinajstić information content (AvgIpc) is 3.11. The van der Waals surface area contributed by atoms with Gasteiger partial charge in [-0.2, -0.15) is 0 Å². The molecule has 142 valence electrons. The van der Waals surface area contributed by atoms with Crippen LogP contribution in [0.25, 0.3) is 0 Å². The number of carbonyl (C=O) groups excluding carboxylic acids is 2. The second kappa shape index (κ2) is 5.21. The van der Waals surface area contributed by atoms with Crippen molar-refractivity contribution in [3.05, 3.63) is 11.6 Å². The lowest BCUT2D eigenvalue weighted by molar-refractivity contribution is -0.174. The molecule has 5 rings (SSSR count). The van der Waals surface area contributed by atoms with Crippen LogP contribution in [-0.4, -0.2) is 28.6 Å². The Morgan fingerprint density at radius 3 is 2.54 bits per heavy atom. The molecule has 4 heteroatoms. The van der Waals surface area contributed by atoms with Gasteiger partial charge in [0.1, 0.15) is 5.60 Å². The summed E-state index contributed by atoms with van der Waals surface area (Å²) in [4.78, 5) is 23.9. The zero-order valence-corrected chi connectivity index (χ0v) is 15.9. The van der Waals surface area contributed by atoms with Gasteiger partial charge in [0.05, 0.1) is 6.10 Å². The van der Waals surface area contributed by atoms with Crippen molar-refractivity contribution >= 4 is 11.8 Å². The fourth-order valence-electron chi connectivity index (χ4n) is 7.82. The minimum absolute atomic E-state index is 0.0105. The van der Waals surface area contributed by atoms with Gasteiger partial charge < -0.3 is 9.84 Å². The van der Waals surface area contributed by atoms with E-state index in [-0.39, 0.29) is 40.2 Å². The van der Waals surface area contributed by atoms with Crippen molar-refractivity contribution in [2.24, 2.45) is 28.6 Å². The van der Waals surface area contributed by atoms with Crippen LogP contribution in [0.15, 0.2) is 11.6 Å². The third-order valence-electron chi connectivity index (χ3n) is 9.32. The van der Waals surface area contributed by atoms with Gasteiger partial charge in [0.25, 0.3) is 0 Å². The zero-order valence-electron chi connectivity index (χ0n) is 15.9. The first kappa shape index (κ1) is 17.0. The van der Waals surface area contributed by atoms with Crippen molar-refractivity contribution in [1.29, 1.82) is 0 Å². The lowest BCUT2D eigenvalue weighted by Gasteiger charge is -2.60. The lowest BCUT2D eigenvalue weighted by atomic mass is 9.45. The molecule has 3 unspecified atom stereocenters. The Kier molecular flexibility index (Phi) is 3.40. The summed E-state index contributed by atoms with van der Waals surface area (Å²) in [6.45, 7) is 4.65. The van der Waals surface area contributed by atoms with Gasteiger partial charge in [-0.1, -0.05) is 19.4 Å². The van der Waals surface area contributed by atoms with Gasteiger partial charge in [-0.15, -0.1) is 0 Å². The largest absolute Gasteiger partial charge is 0.458 e. The summed E-state index contributed by atoms with van der Waals surface area (Å²) in [5.41, 5.74) is 0.940. The maximum absolute atomic E-state index is 12.0. The van der Waals surface area contributed by atoms with E-state index in [1.807, 2.05) is 6.08 Å². The first-order valence-electron chi connectivity index (χ1n) is 10.4. The highest BCUT2D eigenvalue weighted by Crippen LogP contribution is 2.69. The Bertz CT molecular complexity index is 711. The summed E-state index contributed by atoms with van der Waals surface area (Å²) in [5, 5.41) is 11.1. The molecule has 3 saturated carbocycles. The molecule has 0 aromatic carbocycles. The number of fused-ring (bicyclic) bond motifs is 6. The normalized spacial score (nSPS) is 53.0. The molecule has 4 fully saturated rings. The van der Waals surface area contributed by atoms with Gasteiger partial charge >= 0.3 is 5.97 Å². The van der Waals surface area contributed by atoms with E-state index in [2.05, 4.69) is 13.8 Å². The van der Waals surface area contributed by atoms with Gasteiger partial charge in [-0.25, -0.2) is 0 Å². The molecule has 26 heavy (non-hydrogen) atoms. The Labute approximate surface area is 155 Å². The van der Waals surface area contributed by atoms with Gasteiger partial charge in [0.15, 0.2) is 5.78 Å². The van der Waals surface area contributed by atoms with E-state index >= 15 is 0 Å². The third-order valence-corrected chi connectivity index (χ3v) is 9.32. The minimum Gasteiger partial charge on any atom is -0.458 e. The Balaban J connectivity index is 1.53. The smallest absolute Gasteiger partial charge is 0.306 e. The van der Waals surface area contributed by atoms with Crippen LogP contribution in [0.5, 0.6) is 0 Å². The maximum atomic E-state index is 12.0. The molecule has 1 aliphatic heterocycles. The van der Waals surface area contributed by atoms with Crippen LogP contribution in [0.2, 0.25) is 0 Å². The standard InChI is InChI=1S/C22H30O4/c1-20-7-3-14(23)11-13(20)12-17(24)19-15(20)4-8-21(2)16(19)5-9-22(21)10-6-18(25)26-22/h11,15-17,19,24H,3-10,12H2,1-2H3/t15?,16?,17-,19+,20-,21-,22?/m0/s1. The van der Waals surface area contributed by atoms with Crippen LogP contribution in [0.3, 0.4) is 0 Å². The first-order valence-corrected chi connectivity index (χ1v) is 10.4. The number of ketones is 1. The molecule has 1 heterocycles. The minimum atomic E-state index is -0.373. The molecule has 4 nitrogen and oxygen atoms in total. The van der Waals surface area contributed by atoms with E-state index in [1.165, 1.54) is 5.57 Å². The summed E-state index contributed by atoms with van der Waals surface area (Å²) in [6, 6.07) is 0. The van der Waals surface area contributed by atoms with E-state index in [9.17, 15) is 14.7 Å². The van der Waals surface area contributed by atoms with Crippen LogP contribution in [-0.2, 0) is 14.3 Å². The molecule has 0 aromatic heterocycles. The van der Waals surface area contributed by atoms with Gasteiger partial charge in [-0.3, -0.25) is 9.59 Å². The summed E-state index contributed by atoms with van der Waals surface area (Å²) in [6.07, 6.45) is 9.21. The topological polar surface area (TPSA) is 63.6 Å². The molecular weight excluding hydrogens is 328 g/mol. The Hall–Kier alpha value is -1.16. The van der Waals surface area contributed by atoms with E-state index in [0.717, 1.165) is 38.5 Å². The molecule has 7 atom stereocenters. The lowest BCUT2D eigenvalue weighted by Crippen LogP contribution is -2.58. The molecule has 0 amide bonds. The van der Waals surface area contributed by atoms with Crippen molar-refractivity contribution in [3.8, 4) is 0 Å².